The Bertz CT molecular complexity index is 1260. The molecule has 1 heterocycles. The van der Waals surface area contributed by atoms with Crippen molar-refractivity contribution in [1.82, 2.24) is 4.57 Å². The van der Waals surface area contributed by atoms with Crippen LogP contribution in [0.4, 0.5) is 11.4 Å². The van der Waals surface area contributed by atoms with Crippen molar-refractivity contribution in [2.45, 2.75) is 20.8 Å². The Kier molecular flexibility index (Phi) is 6.40. The zero-order chi connectivity index (χ0) is 23.4. The quantitative estimate of drug-likeness (QED) is 0.260. The first-order valence-corrected chi connectivity index (χ1v) is 9.76. The third-order valence-corrected chi connectivity index (χ3v) is 5.13. The van der Waals surface area contributed by atoms with E-state index < -0.39 is 10.8 Å². The number of nitriles is 1. The summed E-state index contributed by atoms with van der Waals surface area (Å²) in [4.78, 5) is 23.5. The molecule has 0 spiro atoms. The molecule has 0 atom stereocenters. The number of anilines is 1. The summed E-state index contributed by atoms with van der Waals surface area (Å²) >= 11 is 0. The van der Waals surface area contributed by atoms with Crippen molar-refractivity contribution < 1.29 is 14.5 Å². The molecule has 0 saturated heterocycles. The van der Waals surface area contributed by atoms with Gasteiger partial charge in [0.1, 0.15) is 17.4 Å². The molecular formula is C24H22N4O4. The molecule has 8 heteroatoms. The molecule has 162 valence electrons. The van der Waals surface area contributed by atoms with Crippen LogP contribution >= 0.6 is 0 Å². The third kappa shape index (κ3) is 4.52. The molecule has 3 rings (SSSR count). The Labute approximate surface area is 185 Å². The van der Waals surface area contributed by atoms with Gasteiger partial charge in [0, 0.05) is 28.7 Å². The first kappa shape index (κ1) is 22.3. The molecule has 0 radical (unpaired) electrons. The molecule has 0 aliphatic carbocycles. The van der Waals surface area contributed by atoms with E-state index in [0.29, 0.717) is 28.3 Å². The fourth-order valence-electron chi connectivity index (χ4n) is 3.44. The summed E-state index contributed by atoms with van der Waals surface area (Å²) < 4.78 is 6.95. The van der Waals surface area contributed by atoms with Crippen LogP contribution in [0.3, 0.4) is 0 Å². The van der Waals surface area contributed by atoms with E-state index in [0.717, 1.165) is 11.4 Å². The van der Waals surface area contributed by atoms with Gasteiger partial charge in [0.15, 0.2) is 0 Å². The number of hydrogen-bond donors (Lipinski definition) is 1. The summed E-state index contributed by atoms with van der Waals surface area (Å²) in [5.74, 6) is 0.122. The number of nitrogens with one attached hydrogen (secondary N) is 1. The highest BCUT2D eigenvalue weighted by Crippen LogP contribution is 2.27. The molecule has 1 amide bonds. The number of nitrogens with zero attached hydrogens (tertiary/aromatic N) is 3. The summed E-state index contributed by atoms with van der Waals surface area (Å²) in [5.41, 5.74) is 3.97. The fraction of sp³-hybridized carbons (Fsp3) is 0.167. The second-order valence-electron chi connectivity index (χ2n) is 7.24. The molecule has 0 unspecified atom stereocenters. The van der Waals surface area contributed by atoms with Crippen molar-refractivity contribution >= 4 is 23.4 Å². The average Bonchev–Trinajstić information content (AvgIpc) is 3.05. The van der Waals surface area contributed by atoms with E-state index in [1.54, 1.807) is 50.4 Å². The second kappa shape index (κ2) is 9.18. The monoisotopic (exact) mass is 430 g/mol. The highest BCUT2D eigenvalue weighted by atomic mass is 16.6. The van der Waals surface area contributed by atoms with Gasteiger partial charge >= 0.3 is 0 Å². The minimum absolute atomic E-state index is 0.0312. The standard InChI is InChI=1S/C24H22N4O4/c1-15-5-8-21(13-23(15)28(30)31)27-16(2)11-18(17(27)3)12-19(14-25)24(29)26-20-6-9-22(32-4)10-7-20/h5-13H,1-4H3,(H,26,29). The Balaban J connectivity index is 1.94. The van der Waals surface area contributed by atoms with Gasteiger partial charge in [-0.3, -0.25) is 14.9 Å². The lowest BCUT2D eigenvalue weighted by atomic mass is 10.1. The normalized spacial score (nSPS) is 11.0. The van der Waals surface area contributed by atoms with Crippen LogP contribution in [-0.2, 0) is 4.79 Å². The maximum atomic E-state index is 12.6. The van der Waals surface area contributed by atoms with Gasteiger partial charge in [-0.05, 0) is 68.8 Å². The number of ether oxygens (including phenoxy) is 1. The number of benzene rings is 2. The van der Waals surface area contributed by atoms with Crippen molar-refractivity contribution in [2.75, 3.05) is 12.4 Å². The topological polar surface area (TPSA) is 110 Å². The van der Waals surface area contributed by atoms with Crippen LogP contribution in [0.25, 0.3) is 11.8 Å². The lowest BCUT2D eigenvalue weighted by molar-refractivity contribution is -0.385. The van der Waals surface area contributed by atoms with Gasteiger partial charge in [-0.2, -0.15) is 5.26 Å². The molecule has 3 aromatic rings. The first-order chi connectivity index (χ1) is 15.2. The summed E-state index contributed by atoms with van der Waals surface area (Å²) in [5, 5.41) is 23.6. The molecule has 0 fully saturated rings. The molecule has 0 aliphatic heterocycles. The van der Waals surface area contributed by atoms with Crippen LogP contribution in [-0.4, -0.2) is 22.5 Å². The molecule has 2 aromatic carbocycles. The van der Waals surface area contributed by atoms with Crippen LogP contribution in [0.15, 0.2) is 54.1 Å². The van der Waals surface area contributed by atoms with Crippen LogP contribution in [0.1, 0.15) is 22.5 Å². The van der Waals surface area contributed by atoms with Crippen LogP contribution in [0, 0.1) is 42.2 Å². The number of aryl methyl sites for hydroxylation is 2. The van der Waals surface area contributed by atoms with E-state index >= 15 is 0 Å². The number of rotatable bonds is 6. The second-order valence-corrected chi connectivity index (χ2v) is 7.24. The van der Waals surface area contributed by atoms with Gasteiger partial charge < -0.3 is 14.6 Å². The van der Waals surface area contributed by atoms with Crippen molar-refractivity contribution in [3.8, 4) is 17.5 Å². The number of hydrogen-bond acceptors (Lipinski definition) is 5. The zero-order valence-electron chi connectivity index (χ0n) is 18.2. The summed E-state index contributed by atoms with van der Waals surface area (Å²) in [6.07, 6.45) is 1.51. The number of nitro benzene ring substituents is 1. The summed E-state index contributed by atoms with van der Waals surface area (Å²) in [7, 11) is 1.55. The van der Waals surface area contributed by atoms with Gasteiger partial charge in [-0.15, -0.1) is 0 Å². The highest BCUT2D eigenvalue weighted by Gasteiger charge is 2.17. The summed E-state index contributed by atoms with van der Waals surface area (Å²) in [6.45, 7) is 5.38. The molecular weight excluding hydrogens is 408 g/mol. The smallest absolute Gasteiger partial charge is 0.274 e. The fourth-order valence-corrected chi connectivity index (χ4v) is 3.44. The number of carbonyl (C=O) groups excluding carboxylic acids is 1. The van der Waals surface area contributed by atoms with E-state index in [2.05, 4.69) is 5.32 Å². The van der Waals surface area contributed by atoms with E-state index in [-0.39, 0.29) is 11.3 Å². The molecule has 1 N–H and O–H groups in total. The van der Waals surface area contributed by atoms with Crippen molar-refractivity contribution in [1.29, 1.82) is 5.26 Å². The first-order valence-electron chi connectivity index (χ1n) is 9.76. The van der Waals surface area contributed by atoms with E-state index in [9.17, 15) is 20.2 Å². The van der Waals surface area contributed by atoms with E-state index in [4.69, 9.17) is 4.74 Å². The van der Waals surface area contributed by atoms with Crippen LogP contribution in [0.2, 0.25) is 0 Å². The van der Waals surface area contributed by atoms with E-state index in [1.165, 1.54) is 12.1 Å². The number of methoxy groups -OCH3 is 1. The molecule has 0 bridgehead atoms. The van der Waals surface area contributed by atoms with Crippen molar-refractivity contribution in [3.05, 3.63) is 86.7 Å². The Hall–Kier alpha value is -4.38. The van der Waals surface area contributed by atoms with Gasteiger partial charge in [0.2, 0.25) is 0 Å². The highest BCUT2D eigenvalue weighted by molar-refractivity contribution is 6.09. The van der Waals surface area contributed by atoms with Crippen LogP contribution in [0.5, 0.6) is 5.75 Å². The number of aromatic nitrogens is 1. The minimum atomic E-state index is -0.534. The minimum Gasteiger partial charge on any atom is -0.497 e. The SMILES string of the molecule is COc1ccc(NC(=O)C(C#N)=Cc2cc(C)n(-c3ccc(C)c([N+](=O)[O-])c3)c2C)cc1. The number of carbonyl (C=O) groups is 1. The van der Waals surface area contributed by atoms with E-state index in [1.807, 2.05) is 30.6 Å². The maximum absolute atomic E-state index is 12.6. The lowest BCUT2D eigenvalue weighted by Crippen LogP contribution is -2.13. The van der Waals surface area contributed by atoms with Crippen molar-refractivity contribution in [3.63, 3.8) is 0 Å². The third-order valence-electron chi connectivity index (χ3n) is 5.13. The largest absolute Gasteiger partial charge is 0.497 e. The molecule has 1 aromatic heterocycles. The number of nitro groups is 1. The Morgan fingerprint density at radius 3 is 2.44 bits per heavy atom. The molecule has 32 heavy (non-hydrogen) atoms. The van der Waals surface area contributed by atoms with Gasteiger partial charge in [0.05, 0.1) is 17.7 Å². The average molecular weight is 430 g/mol. The molecule has 0 aliphatic rings. The Morgan fingerprint density at radius 1 is 1.16 bits per heavy atom. The molecule has 0 saturated carbocycles. The Morgan fingerprint density at radius 2 is 1.84 bits per heavy atom. The predicted octanol–water partition coefficient (Wildman–Crippen LogP) is 4.87. The molecule has 8 nitrogen and oxygen atoms in total. The summed E-state index contributed by atoms with van der Waals surface area (Å²) in [6, 6.07) is 15.6. The number of amides is 1. The lowest BCUT2D eigenvalue weighted by Gasteiger charge is -2.10. The zero-order valence-corrected chi connectivity index (χ0v) is 18.2. The van der Waals surface area contributed by atoms with Crippen molar-refractivity contribution in [2.24, 2.45) is 0 Å². The van der Waals surface area contributed by atoms with Gasteiger partial charge in [-0.25, -0.2) is 0 Å². The van der Waals surface area contributed by atoms with Crippen LogP contribution < -0.4 is 10.1 Å². The predicted molar refractivity (Wildman–Crippen MR) is 122 cm³/mol. The maximum Gasteiger partial charge on any atom is 0.274 e. The van der Waals surface area contributed by atoms with Gasteiger partial charge in [0.25, 0.3) is 11.6 Å². The van der Waals surface area contributed by atoms with Gasteiger partial charge in [-0.1, -0.05) is 6.07 Å².